The topological polar surface area (TPSA) is 67.8 Å². The third-order valence-electron chi connectivity index (χ3n) is 3.52. The summed E-state index contributed by atoms with van der Waals surface area (Å²) in [6, 6.07) is 7.34. The third-order valence-corrected chi connectivity index (χ3v) is 5.83. The van der Waals surface area contributed by atoms with Crippen molar-refractivity contribution in [2.75, 3.05) is 25.4 Å². The first-order valence-corrected chi connectivity index (χ1v) is 10.3. The van der Waals surface area contributed by atoms with Crippen LogP contribution in [0, 0.1) is 5.92 Å². The molecule has 1 aliphatic rings. The van der Waals surface area contributed by atoms with Gasteiger partial charge in [-0.1, -0.05) is 55.6 Å². The average molecular weight is 381 g/mol. The summed E-state index contributed by atoms with van der Waals surface area (Å²) in [6.45, 7) is 5.40. The second-order valence-corrected chi connectivity index (χ2v) is 8.36. The van der Waals surface area contributed by atoms with Crippen molar-refractivity contribution >= 4 is 39.8 Å². The molecule has 1 N–H and O–H groups in total. The highest BCUT2D eigenvalue weighted by Gasteiger charge is 2.16. The van der Waals surface area contributed by atoms with Crippen LogP contribution in [0.5, 0.6) is 0 Å². The van der Waals surface area contributed by atoms with Gasteiger partial charge in [-0.05, 0) is 24.0 Å². The Morgan fingerprint density at radius 2 is 2.16 bits per heavy atom. The zero-order chi connectivity index (χ0) is 18.1. The molecule has 1 aliphatic heterocycles. The van der Waals surface area contributed by atoms with Gasteiger partial charge in [0, 0.05) is 18.1 Å². The Morgan fingerprint density at radius 1 is 1.36 bits per heavy atom. The maximum absolute atomic E-state index is 12.3. The van der Waals surface area contributed by atoms with E-state index in [0.717, 1.165) is 28.7 Å². The van der Waals surface area contributed by atoms with Crippen LogP contribution in [0.1, 0.15) is 36.2 Å². The summed E-state index contributed by atoms with van der Waals surface area (Å²) < 4.78 is 6.23. The van der Waals surface area contributed by atoms with Gasteiger partial charge in [-0.3, -0.25) is 9.79 Å². The fraction of sp³-hybridized carbons (Fsp3) is 0.500. The van der Waals surface area contributed by atoms with Crippen LogP contribution in [0.2, 0.25) is 0 Å². The maximum atomic E-state index is 12.3. The van der Waals surface area contributed by atoms with E-state index in [1.165, 1.54) is 0 Å². The Kier molecular flexibility index (Phi) is 8.34. The first-order valence-electron chi connectivity index (χ1n) is 8.38. The number of carbonyl (C=O) groups is 2. The lowest BCUT2D eigenvalue weighted by molar-refractivity contribution is -0.124. The number of nitrogens with zero attached hydrogens (tertiary/aromatic N) is 1. The van der Waals surface area contributed by atoms with Gasteiger partial charge in [0.25, 0.3) is 5.91 Å². The van der Waals surface area contributed by atoms with Gasteiger partial charge in [0.05, 0.1) is 12.1 Å². The minimum Gasteiger partial charge on any atom is -0.452 e. The van der Waals surface area contributed by atoms with Crippen LogP contribution in [-0.4, -0.2) is 41.7 Å². The molecule has 0 aromatic heterocycles. The molecule has 0 aliphatic carbocycles. The normalized spacial score (nSPS) is 13.6. The Balaban J connectivity index is 1.83. The third kappa shape index (κ3) is 7.12. The van der Waals surface area contributed by atoms with Crippen LogP contribution in [0.15, 0.2) is 29.3 Å². The molecule has 0 saturated carbocycles. The van der Waals surface area contributed by atoms with E-state index in [1.54, 1.807) is 35.7 Å². The molecular formula is C18H24N2O3S2. The second-order valence-electron chi connectivity index (χ2n) is 6.05. The van der Waals surface area contributed by atoms with Crippen molar-refractivity contribution in [3.8, 4) is 0 Å². The van der Waals surface area contributed by atoms with E-state index < -0.39 is 5.97 Å². The molecular weight excluding hydrogens is 356 g/mol. The van der Waals surface area contributed by atoms with Gasteiger partial charge in [-0.2, -0.15) is 0 Å². The van der Waals surface area contributed by atoms with Gasteiger partial charge in [0.1, 0.15) is 4.38 Å². The van der Waals surface area contributed by atoms with Crippen LogP contribution in [0.25, 0.3) is 0 Å². The molecule has 0 unspecified atom stereocenters. The summed E-state index contributed by atoms with van der Waals surface area (Å²) in [5.74, 6) is 1.49. The van der Waals surface area contributed by atoms with Crippen LogP contribution < -0.4 is 5.32 Å². The van der Waals surface area contributed by atoms with Crippen molar-refractivity contribution in [2.45, 2.75) is 26.0 Å². The van der Waals surface area contributed by atoms with Crippen molar-refractivity contribution in [3.05, 3.63) is 35.4 Å². The van der Waals surface area contributed by atoms with Crippen molar-refractivity contribution in [2.24, 2.45) is 10.9 Å². The smallest absolute Gasteiger partial charge is 0.338 e. The number of hydrogen-bond donors (Lipinski definition) is 1. The quantitative estimate of drug-likeness (QED) is 0.701. The zero-order valence-electron chi connectivity index (χ0n) is 14.6. The van der Waals surface area contributed by atoms with Crippen LogP contribution in [-0.2, 0) is 15.3 Å². The molecule has 0 spiro atoms. The minimum atomic E-state index is -0.462. The molecule has 1 aromatic carbocycles. The number of ether oxygens (including phenoxy) is 1. The Bertz CT molecular complexity index is 633. The van der Waals surface area contributed by atoms with Gasteiger partial charge in [-0.15, -0.1) is 0 Å². The summed E-state index contributed by atoms with van der Waals surface area (Å²) in [4.78, 5) is 28.4. The summed E-state index contributed by atoms with van der Waals surface area (Å²) >= 11 is 3.38. The van der Waals surface area contributed by atoms with Crippen LogP contribution in [0.3, 0.4) is 0 Å². The number of thioether (sulfide) groups is 2. The minimum absolute atomic E-state index is 0.249. The second kappa shape index (κ2) is 10.5. The summed E-state index contributed by atoms with van der Waals surface area (Å²) in [6.07, 6.45) is 0.904. The molecule has 1 aromatic rings. The Labute approximate surface area is 157 Å². The standard InChI is InChI=1S/C18H24N2O3S2/c1-13(2)7-8-19-16(21)11-23-17(22)15-6-4-3-5-14(15)12-25-18-20-9-10-24-18/h3-6,13H,7-12H2,1-2H3,(H,19,21). The average Bonchev–Trinajstić information content (AvgIpc) is 3.11. The molecule has 7 heteroatoms. The summed E-state index contributed by atoms with van der Waals surface area (Å²) in [5, 5.41) is 2.76. The van der Waals surface area contributed by atoms with E-state index in [2.05, 4.69) is 24.2 Å². The lowest BCUT2D eigenvalue weighted by Gasteiger charge is -2.10. The monoisotopic (exact) mass is 380 g/mol. The lowest BCUT2D eigenvalue weighted by Crippen LogP contribution is -2.30. The number of amides is 1. The number of rotatable bonds is 8. The number of esters is 1. The number of hydrogen-bond acceptors (Lipinski definition) is 6. The number of carbonyl (C=O) groups excluding carboxylic acids is 2. The first-order chi connectivity index (χ1) is 12.1. The number of nitrogens with one attached hydrogen (secondary N) is 1. The lowest BCUT2D eigenvalue weighted by atomic mass is 10.1. The fourth-order valence-electron chi connectivity index (χ4n) is 2.15. The summed E-state index contributed by atoms with van der Waals surface area (Å²) in [5.41, 5.74) is 1.40. The van der Waals surface area contributed by atoms with Crippen molar-refractivity contribution < 1.29 is 14.3 Å². The van der Waals surface area contributed by atoms with Crippen LogP contribution in [0.4, 0.5) is 0 Å². The Hall–Kier alpha value is -1.47. The van der Waals surface area contributed by atoms with E-state index in [-0.39, 0.29) is 12.5 Å². The van der Waals surface area contributed by atoms with Crippen molar-refractivity contribution in [1.29, 1.82) is 0 Å². The molecule has 0 saturated heterocycles. The van der Waals surface area contributed by atoms with E-state index in [0.29, 0.717) is 23.8 Å². The Morgan fingerprint density at radius 3 is 2.88 bits per heavy atom. The molecule has 0 bridgehead atoms. The fourth-order valence-corrected chi connectivity index (χ4v) is 4.16. The molecule has 0 radical (unpaired) electrons. The molecule has 25 heavy (non-hydrogen) atoms. The first kappa shape index (κ1) is 19.8. The zero-order valence-corrected chi connectivity index (χ0v) is 16.3. The van der Waals surface area contributed by atoms with Gasteiger partial charge >= 0.3 is 5.97 Å². The molecule has 2 rings (SSSR count). The van der Waals surface area contributed by atoms with Gasteiger partial charge in [-0.25, -0.2) is 4.79 Å². The molecule has 5 nitrogen and oxygen atoms in total. The number of aliphatic imine (C=N–C) groups is 1. The molecule has 0 atom stereocenters. The van der Waals surface area contributed by atoms with E-state index in [1.807, 2.05) is 12.1 Å². The molecule has 1 amide bonds. The molecule has 0 fully saturated rings. The van der Waals surface area contributed by atoms with E-state index in [9.17, 15) is 9.59 Å². The van der Waals surface area contributed by atoms with Crippen LogP contribution >= 0.6 is 23.5 Å². The van der Waals surface area contributed by atoms with Gasteiger partial charge < -0.3 is 10.1 Å². The maximum Gasteiger partial charge on any atom is 0.338 e. The predicted octanol–water partition coefficient (Wildman–Crippen LogP) is 3.34. The van der Waals surface area contributed by atoms with Crippen molar-refractivity contribution in [3.63, 3.8) is 0 Å². The molecule has 1 heterocycles. The van der Waals surface area contributed by atoms with E-state index in [4.69, 9.17) is 4.74 Å². The van der Waals surface area contributed by atoms with Crippen molar-refractivity contribution in [1.82, 2.24) is 5.32 Å². The predicted molar refractivity (Wildman–Crippen MR) is 105 cm³/mol. The highest BCUT2D eigenvalue weighted by atomic mass is 32.2. The van der Waals surface area contributed by atoms with E-state index >= 15 is 0 Å². The highest BCUT2D eigenvalue weighted by Crippen LogP contribution is 2.26. The summed E-state index contributed by atoms with van der Waals surface area (Å²) in [7, 11) is 0. The highest BCUT2D eigenvalue weighted by molar-refractivity contribution is 8.38. The largest absolute Gasteiger partial charge is 0.452 e. The van der Waals surface area contributed by atoms with Gasteiger partial charge in [0.15, 0.2) is 6.61 Å². The molecule has 136 valence electrons. The SMILES string of the molecule is CC(C)CCNC(=O)COC(=O)c1ccccc1CSC1=NCCS1. The van der Waals surface area contributed by atoms with Gasteiger partial charge in [0.2, 0.25) is 0 Å². The number of benzene rings is 1.